The third-order valence-corrected chi connectivity index (χ3v) is 4.49. The van der Waals surface area contributed by atoms with Crippen molar-refractivity contribution in [2.75, 3.05) is 6.54 Å². The van der Waals surface area contributed by atoms with E-state index in [-0.39, 0.29) is 0 Å². The van der Waals surface area contributed by atoms with Crippen LogP contribution in [0, 0.1) is 0 Å². The van der Waals surface area contributed by atoms with Crippen molar-refractivity contribution in [1.82, 2.24) is 10.3 Å². The van der Waals surface area contributed by atoms with Crippen LogP contribution in [0.5, 0.6) is 0 Å². The lowest BCUT2D eigenvalue weighted by molar-refractivity contribution is 0.632. The zero-order valence-electron chi connectivity index (χ0n) is 8.38. The maximum absolute atomic E-state index is 4.79. The lowest BCUT2D eigenvalue weighted by Crippen LogP contribution is -2.12. The minimum Gasteiger partial charge on any atom is -0.308 e. The maximum atomic E-state index is 4.79. The molecular formula is C11H16N2S. The summed E-state index contributed by atoms with van der Waals surface area (Å²) in [5.74, 6) is 0. The van der Waals surface area contributed by atoms with Crippen LogP contribution in [-0.4, -0.2) is 11.5 Å². The molecule has 0 bridgehead atoms. The van der Waals surface area contributed by atoms with Crippen LogP contribution in [0.1, 0.15) is 47.3 Å². The Balaban J connectivity index is 1.87. The lowest BCUT2D eigenvalue weighted by Gasteiger charge is -2.06. The van der Waals surface area contributed by atoms with Crippen molar-refractivity contribution in [3.8, 4) is 0 Å². The van der Waals surface area contributed by atoms with Crippen molar-refractivity contribution in [1.29, 1.82) is 0 Å². The minimum absolute atomic E-state index is 0.575. The molecular weight excluding hydrogens is 192 g/mol. The highest BCUT2D eigenvalue weighted by molar-refractivity contribution is 7.11. The first-order valence-electron chi connectivity index (χ1n) is 5.65. The Morgan fingerprint density at radius 1 is 1.21 bits per heavy atom. The number of hydrogen-bond acceptors (Lipinski definition) is 3. The summed E-state index contributed by atoms with van der Waals surface area (Å²) < 4.78 is 0. The zero-order valence-corrected chi connectivity index (χ0v) is 9.20. The van der Waals surface area contributed by atoms with Gasteiger partial charge in [0.2, 0.25) is 0 Å². The van der Waals surface area contributed by atoms with Gasteiger partial charge in [0.05, 0.1) is 11.7 Å². The van der Waals surface area contributed by atoms with Crippen LogP contribution < -0.4 is 5.32 Å². The molecule has 1 saturated heterocycles. The SMILES string of the molecule is C1CCc2sc(C3CCCN3)nc2C1. The van der Waals surface area contributed by atoms with E-state index in [0.29, 0.717) is 6.04 Å². The van der Waals surface area contributed by atoms with Gasteiger partial charge < -0.3 is 5.32 Å². The molecule has 1 aliphatic heterocycles. The molecule has 2 heterocycles. The fraction of sp³-hybridized carbons (Fsp3) is 0.727. The summed E-state index contributed by atoms with van der Waals surface area (Å²) in [6, 6.07) is 0.575. The Morgan fingerprint density at radius 2 is 2.14 bits per heavy atom. The normalized spacial score (nSPS) is 26.4. The van der Waals surface area contributed by atoms with Gasteiger partial charge in [-0.15, -0.1) is 11.3 Å². The lowest BCUT2D eigenvalue weighted by atomic mass is 10.0. The van der Waals surface area contributed by atoms with Crippen LogP contribution in [0.4, 0.5) is 0 Å². The van der Waals surface area contributed by atoms with E-state index in [1.54, 1.807) is 4.88 Å². The predicted molar refractivity (Wildman–Crippen MR) is 58.7 cm³/mol. The molecule has 2 aliphatic rings. The van der Waals surface area contributed by atoms with Crippen molar-refractivity contribution < 1.29 is 0 Å². The zero-order chi connectivity index (χ0) is 9.38. The van der Waals surface area contributed by atoms with Gasteiger partial charge in [-0.2, -0.15) is 0 Å². The van der Waals surface area contributed by atoms with E-state index >= 15 is 0 Å². The molecule has 1 aromatic heterocycles. The van der Waals surface area contributed by atoms with Crippen molar-refractivity contribution >= 4 is 11.3 Å². The van der Waals surface area contributed by atoms with E-state index in [0.717, 1.165) is 0 Å². The monoisotopic (exact) mass is 208 g/mol. The topological polar surface area (TPSA) is 24.9 Å². The summed E-state index contributed by atoms with van der Waals surface area (Å²) in [6.07, 6.45) is 7.81. The van der Waals surface area contributed by atoms with Gasteiger partial charge in [0.1, 0.15) is 5.01 Å². The maximum Gasteiger partial charge on any atom is 0.110 e. The van der Waals surface area contributed by atoms with Crippen LogP contribution in [0.15, 0.2) is 0 Å². The Kier molecular flexibility index (Phi) is 2.30. The van der Waals surface area contributed by atoms with E-state index in [1.165, 1.54) is 55.8 Å². The van der Waals surface area contributed by atoms with Gasteiger partial charge >= 0.3 is 0 Å². The molecule has 3 rings (SSSR count). The quantitative estimate of drug-likeness (QED) is 0.767. The Labute approximate surface area is 88.7 Å². The summed E-state index contributed by atoms with van der Waals surface area (Å²) in [7, 11) is 0. The Morgan fingerprint density at radius 3 is 2.93 bits per heavy atom. The van der Waals surface area contributed by atoms with Gasteiger partial charge in [-0.3, -0.25) is 0 Å². The standard InChI is InChI=1S/C11H16N2S/c1-2-6-10-8(4-1)13-11(14-10)9-5-3-7-12-9/h9,12H,1-7H2. The molecule has 1 fully saturated rings. The highest BCUT2D eigenvalue weighted by atomic mass is 32.1. The number of thiazole rings is 1. The number of hydrogen-bond donors (Lipinski definition) is 1. The summed E-state index contributed by atoms with van der Waals surface area (Å²) in [6.45, 7) is 1.18. The number of fused-ring (bicyclic) bond motifs is 1. The van der Waals surface area contributed by atoms with E-state index in [9.17, 15) is 0 Å². The summed E-state index contributed by atoms with van der Waals surface area (Å²) in [5.41, 5.74) is 1.41. The van der Waals surface area contributed by atoms with E-state index < -0.39 is 0 Å². The molecule has 76 valence electrons. The molecule has 1 unspecified atom stereocenters. The third kappa shape index (κ3) is 1.48. The van der Waals surface area contributed by atoms with Gasteiger partial charge in [0.25, 0.3) is 0 Å². The summed E-state index contributed by atoms with van der Waals surface area (Å²) in [4.78, 5) is 6.36. The second-order valence-corrected chi connectivity index (χ2v) is 5.39. The number of rotatable bonds is 1. The number of nitrogens with zero attached hydrogens (tertiary/aromatic N) is 1. The Hall–Kier alpha value is -0.410. The summed E-state index contributed by atoms with van der Waals surface area (Å²) in [5, 5.41) is 4.89. The molecule has 1 N–H and O–H groups in total. The molecule has 1 aliphatic carbocycles. The molecule has 2 nitrogen and oxygen atoms in total. The molecule has 0 saturated carbocycles. The first kappa shape index (κ1) is 8.86. The third-order valence-electron chi connectivity index (χ3n) is 3.22. The van der Waals surface area contributed by atoms with Gasteiger partial charge in [-0.25, -0.2) is 4.98 Å². The van der Waals surface area contributed by atoms with Crippen molar-refractivity contribution in [3.05, 3.63) is 15.6 Å². The van der Waals surface area contributed by atoms with Crippen LogP contribution in [-0.2, 0) is 12.8 Å². The molecule has 0 amide bonds. The van der Waals surface area contributed by atoms with E-state index in [2.05, 4.69) is 5.32 Å². The minimum atomic E-state index is 0.575. The molecule has 0 spiro atoms. The molecule has 1 atom stereocenters. The van der Waals surface area contributed by atoms with Crippen molar-refractivity contribution in [3.63, 3.8) is 0 Å². The number of aryl methyl sites for hydroxylation is 2. The second kappa shape index (κ2) is 3.63. The van der Waals surface area contributed by atoms with Crippen molar-refractivity contribution in [2.24, 2.45) is 0 Å². The second-order valence-electron chi connectivity index (χ2n) is 4.28. The first-order valence-corrected chi connectivity index (χ1v) is 6.47. The summed E-state index contributed by atoms with van der Waals surface area (Å²) >= 11 is 1.96. The van der Waals surface area contributed by atoms with E-state index in [1.807, 2.05) is 11.3 Å². The smallest absolute Gasteiger partial charge is 0.110 e. The van der Waals surface area contributed by atoms with Crippen molar-refractivity contribution in [2.45, 2.75) is 44.6 Å². The van der Waals surface area contributed by atoms with Crippen LogP contribution in [0.25, 0.3) is 0 Å². The molecule has 0 aromatic carbocycles. The molecule has 14 heavy (non-hydrogen) atoms. The van der Waals surface area contributed by atoms with Gasteiger partial charge in [0, 0.05) is 4.88 Å². The molecule has 1 aromatic rings. The van der Waals surface area contributed by atoms with Crippen LogP contribution in [0.3, 0.4) is 0 Å². The highest BCUT2D eigenvalue weighted by Crippen LogP contribution is 2.32. The average molecular weight is 208 g/mol. The predicted octanol–water partition coefficient (Wildman–Crippen LogP) is 2.45. The molecule has 0 radical (unpaired) electrons. The van der Waals surface area contributed by atoms with Crippen LogP contribution in [0.2, 0.25) is 0 Å². The first-order chi connectivity index (χ1) is 6.93. The van der Waals surface area contributed by atoms with Gasteiger partial charge in [-0.1, -0.05) is 0 Å². The Bertz CT molecular complexity index is 303. The number of nitrogens with one attached hydrogen (secondary N) is 1. The highest BCUT2D eigenvalue weighted by Gasteiger charge is 2.22. The fourth-order valence-corrected chi connectivity index (χ4v) is 3.68. The fourth-order valence-electron chi connectivity index (χ4n) is 2.42. The van der Waals surface area contributed by atoms with Crippen LogP contribution >= 0.6 is 11.3 Å². The largest absolute Gasteiger partial charge is 0.308 e. The van der Waals surface area contributed by atoms with Gasteiger partial charge in [-0.05, 0) is 45.1 Å². The average Bonchev–Trinajstić information content (AvgIpc) is 2.86. The van der Waals surface area contributed by atoms with Gasteiger partial charge in [0.15, 0.2) is 0 Å². The molecule has 3 heteroatoms. The van der Waals surface area contributed by atoms with E-state index in [4.69, 9.17) is 4.98 Å². The number of aromatic nitrogens is 1.